The standard InChI is InChI=1S/C21H21N3O4S/c1-15-7-9-16(10-8-15)22-21(25)23-17-11-13-18(14-12-17)29(26,27)24-19-5-3-4-6-20(19)28-2/h3-14,24H,1-2H3,(H2,22,23,25). The summed E-state index contributed by atoms with van der Waals surface area (Å²) in [6.45, 7) is 1.96. The molecule has 7 nitrogen and oxygen atoms in total. The smallest absolute Gasteiger partial charge is 0.323 e. The number of para-hydroxylation sites is 2. The van der Waals surface area contributed by atoms with E-state index in [9.17, 15) is 13.2 Å². The number of sulfonamides is 1. The van der Waals surface area contributed by atoms with Gasteiger partial charge in [0.15, 0.2) is 0 Å². The van der Waals surface area contributed by atoms with E-state index in [2.05, 4.69) is 15.4 Å². The Bertz CT molecular complexity index is 1100. The number of rotatable bonds is 6. The molecule has 0 aliphatic rings. The number of carbonyl (C=O) groups excluding carboxylic acids is 1. The summed E-state index contributed by atoms with van der Waals surface area (Å²) in [5.41, 5.74) is 2.56. The number of amides is 2. The molecule has 0 saturated carbocycles. The predicted octanol–water partition coefficient (Wildman–Crippen LogP) is 4.45. The molecule has 0 heterocycles. The Morgan fingerprint density at radius 3 is 1.97 bits per heavy atom. The summed E-state index contributed by atoms with van der Waals surface area (Å²) in [5, 5.41) is 5.38. The van der Waals surface area contributed by atoms with Gasteiger partial charge in [0.25, 0.3) is 10.0 Å². The summed E-state index contributed by atoms with van der Waals surface area (Å²) in [6.07, 6.45) is 0. The highest BCUT2D eigenvalue weighted by Gasteiger charge is 2.16. The molecule has 0 aliphatic heterocycles. The lowest BCUT2D eigenvalue weighted by Gasteiger charge is -2.12. The van der Waals surface area contributed by atoms with Crippen molar-refractivity contribution in [2.45, 2.75) is 11.8 Å². The van der Waals surface area contributed by atoms with Crippen LogP contribution in [0.15, 0.2) is 77.7 Å². The molecule has 8 heteroatoms. The Kier molecular flexibility index (Phi) is 6.04. The average Bonchev–Trinajstić information content (AvgIpc) is 2.70. The minimum atomic E-state index is -3.80. The number of ether oxygens (including phenoxy) is 1. The summed E-state index contributed by atoms with van der Waals surface area (Å²) in [5.74, 6) is 0.419. The van der Waals surface area contributed by atoms with Crippen LogP contribution in [0.5, 0.6) is 5.75 Å². The number of benzene rings is 3. The molecule has 3 aromatic carbocycles. The van der Waals surface area contributed by atoms with E-state index in [0.29, 0.717) is 22.8 Å². The molecule has 0 saturated heterocycles. The van der Waals surface area contributed by atoms with Crippen molar-refractivity contribution in [1.82, 2.24) is 0 Å². The maximum Gasteiger partial charge on any atom is 0.323 e. The molecule has 0 atom stereocenters. The number of carbonyl (C=O) groups is 1. The van der Waals surface area contributed by atoms with Crippen LogP contribution in [0.25, 0.3) is 0 Å². The van der Waals surface area contributed by atoms with Crippen molar-refractivity contribution < 1.29 is 17.9 Å². The first-order valence-electron chi connectivity index (χ1n) is 8.78. The quantitative estimate of drug-likeness (QED) is 0.558. The maximum atomic E-state index is 12.6. The number of aryl methyl sites for hydroxylation is 1. The molecule has 3 N–H and O–H groups in total. The molecule has 0 spiro atoms. The minimum absolute atomic E-state index is 0.0629. The van der Waals surface area contributed by atoms with E-state index in [-0.39, 0.29) is 4.90 Å². The van der Waals surface area contributed by atoms with Gasteiger partial charge in [0.1, 0.15) is 5.75 Å². The van der Waals surface area contributed by atoms with Crippen LogP contribution in [0.2, 0.25) is 0 Å². The van der Waals surface area contributed by atoms with Gasteiger partial charge in [0, 0.05) is 11.4 Å². The Balaban J connectivity index is 1.67. The highest BCUT2D eigenvalue weighted by atomic mass is 32.2. The van der Waals surface area contributed by atoms with E-state index in [1.54, 1.807) is 36.4 Å². The predicted molar refractivity (Wildman–Crippen MR) is 114 cm³/mol. The van der Waals surface area contributed by atoms with Crippen LogP contribution in [-0.2, 0) is 10.0 Å². The summed E-state index contributed by atoms with van der Waals surface area (Å²) >= 11 is 0. The molecule has 0 unspecified atom stereocenters. The molecule has 3 aromatic rings. The number of urea groups is 1. The third kappa shape index (κ3) is 5.26. The zero-order valence-corrected chi connectivity index (χ0v) is 16.8. The third-order valence-corrected chi connectivity index (χ3v) is 5.46. The molecule has 0 radical (unpaired) electrons. The maximum absolute atomic E-state index is 12.6. The van der Waals surface area contributed by atoms with E-state index in [1.807, 2.05) is 19.1 Å². The zero-order valence-electron chi connectivity index (χ0n) is 16.0. The van der Waals surface area contributed by atoms with Gasteiger partial charge in [-0.1, -0.05) is 29.8 Å². The molecule has 0 bridgehead atoms. The first kappa shape index (κ1) is 20.2. The number of anilines is 3. The van der Waals surface area contributed by atoms with Crippen LogP contribution < -0.4 is 20.1 Å². The molecule has 0 aromatic heterocycles. The second-order valence-corrected chi connectivity index (χ2v) is 7.96. The van der Waals surface area contributed by atoms with E-state index < -0.39 is 16.1 Å². The topological polar surface area (TPSA) is 96.5 Å². The fourth-order valence-electron chi connectivity index (χ4n) is 2.58. The van der Waals surface area contributed by atoms with Crippen molar-refractivity contribution in [3.8, 4) is 5.75 Å². The molecule has 0 fully saturated rings. The lowest BCUT2D eigenvalue weighted by molar-refractivity contribution is 0.262. The lowest BCUT2D eigenvalue weighted by atomic mass is 10.2. The minimum Gasteiger partial charge on any atom is -0.495 e. The van der Waals surface area contributed by atoms with Crippen molar-refractivity contribution in [3.63, 3.8) is 0 Å². The number of nitrogens with one attached hydrogen (secondary N) is 3. The zero-order chi connectivity index (χ0) is 20.9. The van der Waals surface area contributed by atoms with Crippen LogP contribution in [0.4, 0.5) is 21.9 Å². The summed E-state index contributed by atoms with van der Waals surface area (Å²) in [6, 6.07) is 19.6. The Labute approximate surface area is 169 Å². The lowest BCUT2D eigenvalue weighted by Crippen LogP contribution is -2.19. The van der Waals surface area contributed by atoms with Gasteiger partial charge in [-0.05, 0) is 55.5 Å². The average molecular weight is 411 g/mol. The van der Waals surface area contributed by atoms with Crippen molar-refractivity contribution in [1.29, 1.82) is 0 Å². The summed E-state index contributed by atoms with van der Waals surface area (Å²) in [4.78, 5) is 12.2. The molecule has 3 rings (SSSR count). The monoisotopic (exact) mass is 411 g/mol. The fourth-order valence-corrected chi connectivity index (χ4v) is 3.65. The van der Waals surface area contributed by atoms with Crippen LogP contribution in [0.3, 0.4) is 0 Å². The van der Waals surface area contributed by atoms with Crippen molar-refractivity contribution in [2.24, 2.45) is 0 Å². The van der Waals surface area contributed by atoms with Gasteiger partial charge in [-0.2, -0.15) is 0 Å². The largest absolute Gasteiger partial charge is 0.495 e. The van der Waals surface area contributed by atoms with Crippen LogP contribution in [-0.4, -0.2) is 21.6 Å². The van der Waals surface area contributed by atoms with Gasteiger partial charge < -0.3 is 15.4 Å². The van der Waals surface area contributed by atoms with Crippen molar-refractivity contribution in [2.75, 3.05) is 22.5 Å². The summed E-state index contributed by atoms with van der Waals surface area (Å²) in [7, 11) is -2.33. The summed E-state index contributed by atoms with van der Waals surface area (Å²) < 4.78 is 32.9. The van der Waals surface area contributed by atoms with Crippen LogP contribution >= 0.6 is 0 Å². The van der Waals surface area contributed by atoms with Gasteiger partial charge in [0.2, 0.25) is 0 Å². The van der Waals surface area contributed by atoms with E-state index >= 15 is 0 Å². The molecule has 29 heavy (non-hydrogen) atoms. The SMILES string of the molecule is COc1ccccc1NS(=O)(=O)c1ccc(NC(=O)Nc2ccc(C)cc2)cc1. The van der Waals surface area contributed by atoms with Gasteiger partial charge in [-0.15, -0.1) is 0 Å². The Hall–Kier alpha value is -3.52. The van der Waals surface area contributed by atoms with Crippen molar-refractivity contribution in [3.05, 3.63) is 78.4 Å². The fraction of sp³-hybridized carbons (Fsp3) is 0.0952. The van der Waals surface area contributed by atoms with Gasteiger partial charge in [-0.25, -0.2) is 13.2 Å². The molecule has 150 valence electrons. The van der Waals surface area contributed by atoms with E-state index in [4.69, 9.17) is 4.74 Å². The van der Waals surface area contributed by atoms with Crippen molar-refractivity contribution >= 4 is 33.1 Å². The number of hydrogen-bond acceptors (Lipinski definition) is 4. The highest BCUT2D eigenvalue weighted by molar-refractivity contribution is 7.92. The Morgan fingerprint density at radius 2 is 1.38 bits per heavy atom. The molecular formula is C21H21N3O4S. The normalized spacial score (nSPS) is 10.8. The van der Waals surface area contributed by atoms with Crippen LogP contribution in [0.1, 0.15) is 5.56 Å². The highest BCUT2D eigenvalue weighted by Crippen LogP contribution is 2.26. The third-order valence-electron chi connectivity index (χ3n) is 4.08. The first-order chi connectivity index (χ1) is 13.9. The number of hydrogen-bond donors (Lipinski definition) is 3. The molecule has 0 aliphatic carbocycles. The molecule has 2 amide bonds. The number of methoxy groups -OCH3 is 1. The van der Waals surface area contributed by atoms with Crippen LogP contribution in [0, 0.1) is 6.92 Å². The first-order valence-corrected chi connectivity index (χ1v) is 10.3. The second-order valence-electron chi connectivity index (χ2n) is 6.28. The second kappa shape index (κ2) is 8.66. The van der Waals surface area contributed by atoms with E-state index in [1.165, 1.54) is 31.4 Å². The molecular weight excluding hydrogens is 390 g/mol. The van der Waals surface area contributed by atoms with Gasteiger partial charge >= 0.3 is 6.03 Å². The van der Waals surface area contributed by atoms with Gasteiger partial charge in [-0.3, -0.25) is 4.72 Å². The van der Waals surface area contributed by atoms with Gasteiger partial charge in [0.05, 0.1) is 17.7 Å². The Morgan fingerprint density at radius 1 is 0.828 bits per heavy atom. The van der Waals surface area contributed by atoms with E-state index in [0.717, 1.165) is 5.56 Å².